The summed E-state index contributed by atoms with van der Waals surface area (Å²) in [6.07, 6.45) is 3.24. The second kappa shape index (κ2) is 13.6. The van der Waals surface area contributed by atoms with Crippen LogP contribution in [0.3, 0.4) is 0 Å². The van der Waals surface area contributed by atoms with Crippen molar-refractivity contribution in [2.24, 2.45) is 10.9 Å². The number of guanidine groups is 1. The van der Waals surface area contributed by atoms with Crippen molar-refractivity contribution in [3.05, 3.63) is 0 Å². The maximum atomic E-state index is 5.75. The van der Waals surface area contributed by atoms with Gasteiger partial charge in [0, 0.05) is 46.1 Å². The van der Waals surface area contributed by atoms with Crippen LogP contribution < -0.4 is 10.6 Å². The fraction of sp³-hybridized carbons (Fsp3) is 0.941. The van der Waals surface area contributed by atoms with Gasteiger partial charge in [0.1, 0.15) is 0 Å². The van der Waals surface area contributed by atoms with Gasteiger partial charge in [0.15, 0.2) is 5.96 Å². The molecule has 0 aromatic carbocycles. The second-order valence-corrected chi connectivity index (χ2v) is 6.22. The van der Waals surface area contributed by atoms with E-state index in [1.807, 2.05) is 0 Å². The maximum absolute atomic E-state index is 5.75. The normalized spacial score (nSPS) is 18.6. The van der Waals surface area contributed by atoms with E-state index in [0.29, 0.717) is 12.0 Å². The van der Waals surface area contributed by atoms with Crippen molar-refractivity contribution in [1.82, 2.24) is 10.6 Å². The van der Waals surface area contributed by atoms with Crippen molar-refractivity contribution in [2.75, 3.05) is 52.7 Å². The lowest BCUT2D eigenvalue weighted by Gasteiger charge is -2.13. The first-order valence-corrected chi connectivity index (χ1v) is 9.01. The fourth-order valence-electron chi connectivity index (χ4n) is 2.19. The molecule has 0 aromatic rings. The molecular weight excluding hydrogens is 294 g/mol. The molecule has 1 atom stereocenters. The highest BCUT2D eigenvalue weighted by atomic mass is 16.5. The average Bonchev–Trinajstić information content (AvgIpc) is 3.03. The minimum absolute atomic E-state index is 0.294. The van der Waals surface area contributed by atoms with Crippen LogP contribution in [-0.2, 0) is 14.2 Å². The molecule has 1 heterocycles. The van der Waals surface area contributed by atoms with Crippen LogP contribution in [0.25, 0.3) is 0 Å². The molecule has 2 N–H and O–H groups in total. The third-order valence-electron chi connectivity index (χ3n) is 3.37. The van der Waals surface area contributed by atoms with E-state index in [2.05, 4.69) is 36.4 Å². The van der Waals surface area contributed by atoms with Gasteiger partial charge >= 0.3 is 0 Å². The Bertz CT molecular complexity index is 305. The van der Waals surface area contributed by atoms with Gasteiger partial charge in [0.2, 0.25) is 0 Å². The van der Waals surface area contributed by atoms with Crippen molar-refractivity contribution in [3.63, 3.8) is 0 Å². The van der Waals surface area contributed by atoms with Crippen molar-refractivity contribution < 1.29 is 14.2 Å². The maximum Gasteiger partial charge on any atom is 0.191 e. The van der Waals surface area contributed by atoms with Crippen LogP contribution in [-0.4, -0.2) is 64.7 Å². The average molecular weight is 329 g/mol. The minimum Gasteiger partial charge on any atom is -0.381 e. The van der Waals surface area contributed by atoms with Gasteiger partial charge in [0.25, 0.3) is 0 Å². The van der Waals surface area contributed by atoms with Gasteiger partial charge in [-0.3, -0.25) is 4.99 Å². The summed E-state index contributed by atoms with van der Waals surface area (Å²) < 4.78 is 16.6. The van der Waals surface area contributed by atoms with Crippen LogP contribution in [0.5, 0.6) is 0 Å². The summed E-state index contributed by atoms with van der Waals surface area (Å²) in [7, 11) is 0. The molecule has 1 aliphatic heterocycles. The van der Waals surface area contributed by atoms with E-state index in [1.54, 1.807) is 0 Å². The molecule has 0 saturated carbocycles. The topological polar surface area (TPSA) is 64.1 Å². The lowest BCUT2D eigenvalue weighted by Crippen LogP contribution is -2.38. The molecule has 23 heavy (non-hydrogen) atoms. The summed E-state index contributed by atoms with van der Waals surface area (Å²) in [4.78, 5) is 4.56. The number of nitrogens with one attached hydrogen (secondary N) is 2. The van der Waals surface area contributed by atoms with Crippen LogP contribution in [0.4, 0.5) is 0 Å². The van der Waals surface area contributed by atoms with Gasteiger partial charge in [-0.15, -0.1) is 0 Å². The summed E-state index contributed by atoms with van der Waals surface area (Å²) in [5.74, 6) is 1.47. The SMILES string of the molecule is CCNC(=NCCCOCC(C)C)NCCCOC1CCOC1. The highest BCUT2D eigenvalue weighted by molar-refractivity contribution is 5.79. The summed E-state index contributed by atoms with van der Waals surface area (Å²) in [6.45, 7) is 12.9. The van der Waals surface area contributed by atoms with Crippen LogP contribution in [0.15, 0.2) is 4.99 Å². The quantitative estimate of drug-likeness (QED) is 0.325. The Kier molecular flexibility index (Phi) is 11.9. The summed E-state index contributed by atoms with van der Waals surface area (Å²) >= 11 is 0. The Morgan fingerprint density at radius 2 is 2.13 bits per heavy atom. The first-order valence-electron chi connectivity index (χ1n) is 9.01. The molecule has 0 radical (unpaired) electrons. The van der Waals surface area contributed by atoms with E-state index in [4.69, 9.17) is 14.2 Å². The van der Waals surface area contributed by atoms with E-state index in [1.165, 1.54) is 0 Å². The molecule has 0 aliphatic carbocycles. The van der Waals surface area contributed by atoms with Crippen molar-refractivity contribution in [2.45, 2.75) is 46.1 Å². The predicted molar refractivity (Wildman–Crippen MR) is 94.0 cm³/mol. The van der Waals surface area contributed by atoms with E-state index in [0.717, 1.165) is 77.9 Å². The zero-order valence-corrected chi connectivity index (χ0v) is 15.1. The van der Waals surface area contributed by atoms with Gasteiger partial charge in [-0.2, -0.15) is 0 Å². The Balaban J connectivity index is 2.04. The Morgan fingerprint density at radius 3 is 2.83 bits per heavy atom. The molecule has 1 unspecified atom stereocenters. The van der Waals surface area contributed by atoms with E-state index in [9.17, 15) is 0 Å². The molecular formula is C17H35N3O3. The second-order valence-electron chi connectivity index (χ2n) is 6.22. The molecule has 0 bridgehead atoms. The zero-order chi connectivity index (χ0) is 16.8. The minimum atomic E-state index is 0.294. The van der Waals surface area contributed by atoms with Gasteiger partial charge < -0.3 is 24.8 Å². The number of aliphatic imine (C=N–C) groups is 1. The molecule has 0 spiro atoms. The lowest BCUT2D eigenvalue weighted by atomic mass is 10.2. The molecule has 1 rings (SSSR count). The third-order valence-corrected chi connectivity index (χ3v) is 3.37. The van der Waals surface area contributed by atoms with E-state index < -0.39 is 0 Å². The summed E-state index contributed by atoms with van der Waals surface area (Å²) in [5.41, 5.74) is 0. The molecule has 1 fully saturated rings. The number of rotatable bonds is 12. The highest BCUT2D eigenvalue weighted by Crippen LogP contribution is 2.07. The van der Waals surface area contributed by atoms with Gasteiger partial charge in [0.05, 0.1) is 12.7 Å². The highest BCUT2D eigenvalue weighted by Gasteiger charge is 2.15. The number of ether oxygens (including phenoxy) is 3. The predicted octanol–water partition coefficient (Wildman–Crippen LogP) is 1.80. The van der Waals surface area contributed by atoms with E-state index in [-0.39, 0.29) is 0 Å². The third kappa shape index (κ3) is 11.3. The number of hydrogen-bond donors (Lipinski definition) is 2. The van der Waals surface area contributed by atoms with Gasteiger partial charge in [-0.25, -0.2) is 0 Å². The first kappa shape index (κ1) is 20.2. The standard InChI is InChI=1S/C17H35N3O3/c1-4-18-17(19-8-5-10-21-13-15(2)3)20-9-6-11-23-16-7-12-22-14-16/h15-16H,4-14H2,1-3H3,(H2,18,19,20). The zero-order valence-electron chi connectivity index (χ0n) is 15.1. The van der Waals surface area contributed by atoms with Crippen molar-refractivity contribution in [3.8, 4) is 0 Å². The van der Waals surface area contributed by atoms with Gasteiger partial charge in [-0.1, -0.05) is 13.8 Å². The molecule has 1 aliphatic rings. The molecule has 0 amide bonds. The first-order chi connectivity index (χ1) is 11.2. The Morgan fingerprint density at radius 1 is 1.26 bits per heavy atom. The number of nitrogens with zero attached hydrogens (tertiary/aromatic N) is 1. The van der Waals surface area contributed by atoms with Crippen LogP contribution in [0, 0.1) is 5.92 Å². The van der Waals surface area contributed by atoms with Crippen LogP contribution in [0.1, 0.15) is 40.0 Å². The molecule has 6 heteroatoms. The summed E-state index contributed by atoms with van der Waals surface area (Å²) in [6, 6.07) is 0. The van der Waals surface area contributed by atoms with Crippen LogP contribution in [0.2, 0.25) is 0 Å². The smallest absolute Gasteiger partial charge is 0.191 e. The number of hydrogen-bond acceptors (Lipinski definition) is 4. The molecule has 136 valence electrons. The lowest BCUT2D eigenvalue weighted by molar-refractivity contribution is 0.0420. The fourth-order valence-corrected chi connectivity index (χ4v) is 2.19. The van der Waals surface area contributed by atoms with Crippen molar-refractivity contribution >= 4 is 5.96 Å². The summed E-state index contributed by atoms with van der Waals surface area (Å²) in [5, 5.41) is 6.60. The van der Waals surface area contributed by atoms with Crippen molar-refractivity contribution in [1.29, 1.82) is 0 Å². The van der Waals surface area contributed by atoms with Gasteiger partial charge in [-0.05, 0) is 32.1 Å². The Labute approximate surface area is 141 Å². The largest absolute Gasteiger partial charge is 0.381 e. The van der Waals surface area contributed by atoms with Crippen LogP contribution >= 0.6 is 0 Å². The molecule has 0 aromatic heterocycles. The van der Waals surface area contributed by atoms with E-state index >= 15 is 0 Å². The molecule has 6 nitrogen and oxygen atoms in total. The Hall–Kier alpha value is -0.850. The molecule has 1 saturated heterocycles. The monoisotopic (exact) mass is 329 g/mol.